The lowest BCUT2D eigenvalue weighted by Gasteiger charge is -2.10. The van der Waals surface area contributed by atoms with Gasteiger partial charge in [-0.2, -0.15) is 13.2 Å². The highest BCUT2D eigenvalue weighted by Crippen LogP contribution is 2.20. The van der Waals surface area contributed by atoms with Gasteiger partial charge in [0.05, 0.1) is 5.75 Å². The SMILES string of the molecule is O=C(Nc1ccc(NS(=O)(=O)CCCc2ccccc2)cc1)C(F)(F)F. The molecule has 0 atom stereocenters. The van der Waals surface area contributed by atoms with Gasteiger partial charge in [-0.15, -0.1) is 0 Å². The number of amides is 1. The Morgan fingerprint density at radius 3 is 2.08 bits per heavy atom. The molecular formula is C17H17F3N2O3S. The summed E-state index contributed by atoms with van der Waals surface area (Å²) in [7, 11) is -3.58. The number of rotatable bonds is 7. The topological polar surface area (TPSA) is 75.3 Å². The van der Waals surface area contributed by atoms with Crippen LogP contribution < -0.4 is 10.0 Å². The van der Waals surface area contributed by atoms with Crippen molar-refractivity contribution in [2.75, 3.05) is 15.8 Å². The van der Waals surface area contributed by atoms with E-state index in [9.17, 15) is 26.4 Å². The minimum absolute atomic E-state index is 0.0839. The van der Waals surface area contributed by atoms with Gasteiger partial charge in [0, 0.05) is 11.4 Å². The molecule has 1 amide bonds. The van der Waals surface area contributed by atoms with E-state index in [-0.39, 0.29) is 17.1 Å². The normalized spacial score (nSPS) is 11.8. The van der Waals surface area contributed by atoms with Crippen LogP contribution in [-0.2, 0) is 21.2 Å². The smallest absolute Gasteiger partial charge is 0.318 e. The monoisotopic (exact) mass is 386 g/mol. The van der Waals surface area contributed by atoms with Gasteiger partial charge in [0.1, 0.15) is 0 Å². The molecule has 0 bridgehead atoms. The van der Waals surface area contributed by atoms with Crippen LogP contribution in [0.25, 0.3) is 0 Å². The minimum atomic E-state index is -4.99. The maximum absolute atomic E-state index is 12.2. The van der Waals surface area contributed by atoms with E-state index in [2.05, 4.69) is 4.72 Å². The van der Waals surface area contributed by atoms with Gasteiger partial charge in [-0.05, 0) is 42.7 Å². The molecule has 0 aliphatic heterocycles. The molecule has 2 rings (SSSR count). The quantitative estimate of drug-likeness (QED) is 0.764. The number of anilines is 2. The molecule has 0 unspecified atom stereocenters. The molecule has 5 nitrogen and oxygen atoms in total. The lowest BCUT2D eigenvalue weighted by atomic mass is 10.1. The first kappa shape index (κ1) is 19.8. The van der Waals surface area contributed by atoms with E-state index in [1.54, 1.807) is 5.32 Å². The lowest BCUT2D eigenvalue weighted by Crippen LogP contribution is -2.29. The fourth-order valence-corrected chi connectivity index (χ4v) is 3.29. The summed E-state index contributed by atoms with van der Waals surface area (Å²) in [6.45, 7) is 0. The van der Waals surface area contributed by atoms with Gasteiger partial charge in [0.15, 0.2) is 0 Å². The summed E-state index contributed by atoms with van der Waals surface area (Å²) in [5.74, 6) is -2.18. The van der Waals surface area contributed by atoms with Gasteiger partial charge >= 0.3 is 12.1 Å². The Morgan fingerprint density at radius 1 is 0.923 bits per heavy atom. The van der Waals surface area contributed by atoms with Crippen LogP contribution in [-0.4, -0.2) is 26.3 Å². The molecule has 0 fully saturated rings. The van der Waals surface area contributed by atoms with E-state index in [0.717, 1.165) is 5.56 Å². The number of nitrogens with one attached hydrogen (secondary N) is 2. The molecule has 0 radical (unpaired) electrons. The molecule has 26 heavy (non-hydrogen) atoms. The van der Waals surface area contributed by atoms with Crippen molar-refractivity contribution in [2.45, 2.75) is 19.0 Å². The van der Waals surface area contributed by atoms with Gasteiger partial charge in [-0.3, -0.25) is 9.52 Å². The van der Waals surface area contributed by atoms with Gasteiger partial charge in [-0.25, -0.2) is 8.42 Å². The Bertz CT molecular complexity index is 836. The zero-order valence-electron chi connectivity index (χ0n) is 13.6. The zero-order valence-corrected chi connectivity index (χ0v) is 14.4. The van der Waals surface area contributed by atoms with Gasteiger partial charge in [0.25, 0.3) is 0 Å². The van der Waals surface area contributed by atoms with Crippen LogP contribution in [0.1, 0.15) is 12.0 Å². The molecule has 9 heteroatoms. The van der Waals surface area contributed by atoms with Crippen molar-refractivity contribution in [1.82, 2.24) is 0 Å². The molecule has 0 aliphatic rings. The highest BCUT2D eigenvalue weighted by atomic mass is 32.2. The van der Waals surface area contributed by atoms with Crippen LogP contribution in [0.15, 0.2) is 54.6 Å². The van der Waals surface area contributed by atoms with Crippen LogP contribution >= 0.6 is 0 Å². The van der Waals surface area contributed by atoms with E-state index in [1.165, 1.54) is 24.3 Å². The fourth-order valence-electron chi connectivity index (χ4n) is 2.17. The Balaban J connectivity index is 1.87. The van der Waals surface area contributed by atoms with Crippen molar-refractivity contribution in [3.63, 3.8) is 0 Å². The molecule has 0 saturated heterocycles. The second-order valence-corrected chi connectivity index (χ2v) is 7.38. The fraction of sp³-hybridized carbons (Fsp3) is 0.235. The first-order valence-corrected chi connectivity index (χ1v) is 9.34. The molecule has 0 aliphatic carbocycles. The Morgan fingerprint density at radius 2 is 1.50 bits per heavy atom. The first-order valence-electron chi connectivity index (χ1n) is 7.68. The van der Waals surface area contributed by atoms with Crippen LogP contribution in [0.2, 0.25) is 0 Å². The number of alkyl halides is 3. The molecule has 2 aromatic carbocycles. The third-order valence-corrected chi connectivity index (χ3v) is 4.77. The number of halogens is 3. The van der Waals surface area contributed by atoms with Crippen molar-refractivity contribution in [3.8, 4) is 0 Å². The standard InChI is InChI=1S/C17H17F3N2O3S/c18-17(19,20)16(23)21-14-8-10-15(11-9-14)22-26(24,25)12-4-7-13-5-2-1-3-6-13/h1-3,5-6,8-11,22H,4,7,12H2,(H,21,23). The number of sulfonamides is 1. The molecule has 0 saturated carbocycles. The second-order valence-electron chi connectivity index (χ2n) is 5.54. The number of carbonyl (C=O) groups is 1. The largest absolute Gasteiger partial charge is 0.471 e. The zero-order chi connectivity index (χ0) is 19.2. The Labute approximate surface area is 149 Å². The summed E-state index contributed by atoms with van der Waals surface area (Å²) in [6.07, 6.45) is -3.94. The summed E-state index contributed by atoms with van der Waals surface area (Å²) < 4.78 is 63.0. The predicted octanol–water partition coefficient (Wildman–Crippen LogP) is 3.56. The van der Waals surface area contributed by atoms with E-state index in [0.29, 0.717) is 12.8 Å². The third-order valence-electron chi connectivity index (χ3n) is 3.39. The maximum Gasteiger partial charge on any atom is 0.471 e. The van der Waals surface area contributed by atoms with Gasteiger partial charge < -0.3 is 5.32 Å². The first-order chi connectivity index (χ1) is 12.2. The molecule has 140 valence electrons. The molecule has 0 aromatic heterocycles. The van der Waals surface area contributed by atoms with E-state index >= 15 is 0 Å². The molecule has 0 heterocycles. The maximum atomic E-state index is 12.2. The van der Waals surface area contributed by atoms with Crippen LogP contribution in [0.5, 0.6) is 0 Å². The van der Waals surface area contributed by atoms with Crippen LogP contribution in [0.4, 0.5) is 24.5 Å². The Kier molecular flexibility index (Phi) is 6.25. The second kappa shape index (κ2) is 8.22. The number of hydrogen-bond acceptors (Lipinski definition) is 3. The van der Waals surface area contributed by atoms with E-state index in [4.69, 9.17) is 0 Å². The summed E-state index contributed by atoms with van der Waals surface area (Å²) in [6, 6.07) is 14.4. The highest BCUT2D eigenvalue weighted by molar-refractivity contribution is 7.92. The predicted molar refractivity (Wildman–Crippen MR) is 93.3 cm³/mol. The summed E-state index contributed by atoms with van der Waals surface area (Å²) in [5, 5.41) is 1.68. The molecule has 0 spiro atoms. The van der Waals surface area contributed by atoms with Crippen molar-refractivity contribution < 1.29 is 26.4 Å². The van der Waals surface area contributed by atoms with Gasteiger partial charge in [0.2, 0.25) is 10.0 Å². The number of benzene rings is 2. The molecular weight excluding hydrogens is 369 g/mol. The van der Waals surface area contributed by atoms with Crippen molar-refractivity contribution >= 4 is 27.3 Å². The summed E-state index contributed by atoms with van der Waals surface area (Å²) >= 11 is 0. The van der Waals surface area contributed by atoms with Crippen molar-refractivity contribution in [1.29, 1.82) is 0 Å². The number of aryl methyl sites for hydroxylation is 1. The average Bonchev–Trinajstić information content (AvgIpc) is 2.56. The molecule has 2 aromatic rings. The lowest BCUT2D eigenvalue weighted by molar-refractivity contribution is -0.167. The average molecular weight is 386 g/mol. The van der Waals surface area contributed by atoms with Gasteiger partial charge in [-0.1, -0.05) is 30.3 Å². The summed E-state index contributed by atoms with van der Waals surface area (Å²) in [4.78, 5) is 10.8. The summed E-state index contributed by atoms with van der Waals surface area (Å²) in [5.41, 5.74) is 1.15. The van der Waals surface area contributed by atoms with Crippen LogP contribution in [0.3, 0.4) is 0 Å². The van der Waals surface area contributed by atoms with Crippen molar-refractivity contribution in [2.24, 2.45) is 0 Å². The van der Waals surface area contributed by atoms with E-state index < -0.39 is 22.1 Å². The third kappa shape index (κ3) is 6.40. The molecule has 2 N–H and O–H groups in total. The number of carbonyl (C=O) groups excluding carboxylic acids is 1. The Hall–Kier alpha value is -2.55. The van der Waals surface area contributed by atoms with Crippen LogP contribution in [0, 0.1) is 0 Å². The minimum Gasteiger partial charge on any atom is -0.318 e. The number of hydrogen-bond donors (Lipinski definition) is 2. The van der Waals surface area contributed by atoms with E-state index in [1.807, 2.05) is 30.3 Å². The highest BCUT2D eigenvalue weighted by Gasteiger charge is 2.38. The van der Waals surface area contributed by atoms with Crippen molar-refractivity contribution in [3.05, 3.63) is 60.2 Å².